The topological polar surface area (TPSA) is 105 Å². The molecule has 1 aliphatic heterocycles. The summed E-state index contributed by atoms with van der Waals surface area (Å²) in [5, 5.41) is 4.54. The van der Waals surface area contributed by atoms with Crippen molar-refractivity contribution in [3.8, 4) is 0 Å². The summed E-state index contributed by atoms with van der Waals surface area (Å²) in [5.74, 6) is -1.63. The van der Waals surface area contributed by atoms with E-state index in [0.29, 0.717) is 0 Å². The Balaban J connectivity index is 2.10. The van der Waals surface area contributed by atoms with Gasteiger partial charge in [0.1, 0.15) is 6.23 Å². The molecule has 0 aliphatic carbocycles. The monoisotopic (exact) mass is 341 g/mol. The molecule has 0 saturated carbocycles. The minimum absolute atomic E-state index is 0.0999. The van der Waals surface area contributed by atoms with E-state index < -0.39 is 28.1 Å². The first-order chi connectivity index (χ1) is 10.9. The van der Waals surface area contributed by atoms with Gasteiger partial charge >= 0.3 is 11.8 Å². The van der Waals surface area contributed by atoms with Crippen molar-refractivity contribution in [3.63, 3.8) is 0 Å². The molecule has 0 radical (unpaired) electrons. The van der Waals surface area contributed by atoms with Gasteiger partial charge < -0.3 is 15.4 Å². The van der Waals surface area contributed by atoms with Crippen LogP contribution >= 0.6 is 0 Å². The number of hydrogen-bond acceptors (Lipinski definition) is 5. The maximum absolute atomic E-state index is 12.6. The molecule has 2 rings (SSSR count). The third-order valence-electron chi connectivity index (χ3n) is 3.44. The Morgan fingerprint density at radius 3 is 2.52 bits per heavy atom. The molecule has 0 unspecified atom stereocenters. The largest absolute Gasteiger partial charge is 0.359 e. The summed E-state index contributed by atoms with van der Waals surface area (Å²) in [5.41, 5.74) is 0.955. The number of likely N-dealkylation sites (N-methyl/N-ethyl adjacent to an activating group) is 1. The van der Waals surface area contributed by atoms with Gasteiger partial charge in [-0.15, -0.1) is 0 Å². The molecular formula is C14H19N3O5S. The zero-order valence-corrected chi connectivity index (χ0v) is 13.7. The van der Waals surface area contributed by atoms with Crippen molar-refractivity contribution in [2.75, 3.05) is 26.7 Å². The molecule has 0 aromatic heterocycles. The summed E-state index contributed by atoms with van der Waals surface area (Å²) in [4.78, 5) is 22.8. The number of nitrogens with one attached hydrogen (secondary N) is 2. The molecule has 23 heavy (non-hydrogen) atoms. The van der Waals surface area contributed by atoms with Gasteiger partial charge in [0.15, 0.2) is 0 Å². The maximum atomic E-state index is 12.6. The zero-order chi connectivity index (χ0) is 17.0. The normalized spacial score (nSPS) is 18.6. The Labute approximate surface area is 134 Å². The number of sulfonamides is 1. The van der Waals surface area contributed by atoms with Crippen LogP contribution in [0.4, 0.5) is 0 Å². The predicted molar refractivity (Wildman–Crippen MR) is 81.9 cm³/mol. The third-order valence-corrected chi connectivity index (χ3v) is 5.34. The Kier molecular flexibility index (Phi) is 5.34. The van der Waals surface area contributed by atoms with Gasteiger partial charge in [0.05, 0.1) is 18.0 Å². The minimum Gasteiger partial charge on any atom is -0.359 e. The number of nitrogens with zero attached hydrogens (tertiary/aromatic N) is 1. The second-order valence-corrected chi connectivity index (χ2v) is 6.93. The van der Waals surface area contributed by atoms with E-state index in [1.54, 1.807) is 12.1 Å². The molecule has 1 aromatic rings. The van der Waals surface area contributed by atoms with Gasteiger partial charge in [-0.3, -0.25) is 9.59 Å². The maximum Gasteiger partial charge on any atom is 0.309 e. The summed E-state index contributed by atoms with van der Waals surface area (Å²) in [7, 11) is -2.39. The molecule has 1 aromatic carbocycles. The van der Waals surface area contributed by atoms with Crippen molar-refractivity contribution in [2.45, 2.75) is 18.0 Å². The number of benzene rings is 1. The molecule has 2 amide bonds. The highest BCUT2D eigenvalue weighted by Crippen LogP contribution is 2.22. The fourth-order valence-corrected chi connectivity index (χ4v) is 3.67. The van der Waals surface area contributed by atoms with Gasteiger partial charge in [-0.25, -0.2) is 8.42 Å². The molecule has 1 aliphatic rings. The molecule has 2 N–H and O–H groups in total. The lowest BCUT2D eigenvalue weighted by atomic mass is 10.2. The number of aryl methyl sites for hydroxylation is 1. The van der Waals surface area contributed by atoms with Crippen LogP contribution in [0.25, 0.3) is 0 Å². The van der Waals surface area contributed by atoms with Crippen LogP contribution in [-0.2, 0) is 24.3 Å². The number of hydrogen-bond donors (Lipinski definition) is 2. The molecule has 1 heterocycles. The van der Waals surface area contributed by atoms with Crippen LogP contribution < -0.4 is 10.6 Å². The van der Waals surface area contributed by atoms with E-state index >= 15 is 0 Å². The first-order valence-electron chi connectivity index (χ1n) is 7.06. The van der Waals surface area contributed by atoms with Crippen LogP contribution in [-0.4, -0.2) is 57.5 Å². The van der Waals surface area contributed by atoms with Gasteiger partial charge in [-0.2, -0.15) is 4.31 Å². The van der Waals surface area contributed by atoms with Crippen LogP contribution in [0, 0.1) is 6.92 Å². The van der Waals surface area contributed by atoms with Crippen molar-refractivity contribution in [1.82, 2.24) is 14.9 Å². The van der Waals surface area contributed by atoms with Crippen molar-refractivity contribution >= 4 is 21.8 Å². The van der Waals surface area contributed by atoms with Crippen LogP contribution in [0.5, 0.6) is 0 Å². The van der Waals surface area contributed by atoms with Gasteiger partial charge in [-0.05, 0) is 19.1 Å². The van der Waals surface area contributed by atoms with Gasteiger partial charge in [0.2, 0.25) is 10.0 Å². The molecular weight excluding hydrogens is 322 g/mol. The number of rotatable bonds is 4. The van der Waals surface area contributed by atoms with Crippen molar-refractivity contribution in [3.05, 3.63) is 29.8 Å². The van der Waals surface area contributed by atoms with E-state index in [9.17, 15) is 18.0 Å². The quantitative estimate of drug-likeness (QED) is 0.698. The summed E-state index contributed by atoms with van der Waals surface area (Å²) < 4.78 is 31.8. The average Bonchev–Trinajstić information content (AvgIpc) is 3.01. The van der Waals surface area contributed by atoms with Crippen molar-refractivity contribution in [1.29, 1.82) is 0 Å². The lowest BCUT2D eigenvalue weighted by Crippen LogP contribution is -2.46. The number of carbonyl (C=O) groups excluding carboxylic acids is 2. The van der Waals surface area contributed by atoms with Crippen LogP contribution in [0.15, 0.2) is 29.2 Å². The van der Waals surface area contributed by atoms with E-state index in [-0.39, 0.29) is 24.6 Å². The number of ether oxygens (including phenoxy) is 1. The SMILES string of the molecule is CNC(=O)C(=O)NC[C@H]1OCCN1S(=O)(=O)c1ccc(C)cc1. The Morgan fingerprint density at radius 2 is 1.91 bits per heavy atom. The third kappa shape index (κ3) is 3.87. The van der Waals surface area contributed by atoms with Crippen molar-refractivity contribution < 1.29 is 22.7 Å². The predicted octanol–water partition coefficient (Wildman–Crippen LogP) is -0.796. The highest BCUT2D eigenvalue weighted by Gasteiger charge is 2.36. The fourth-order valence-electron chi connectivity index (χ4n) is 2.16. The van der Waals surface area contributed by atoms with Gasteiger partial charge in [0.25, 0.3) is 0 Å². The van der Waals surface area contributed by atoms with Crippen LogP contribution in [0.1, 0.15) is 5.56 Å². The number of carbonyl (C=O) groups is 2. The highest BCUT2D eigenvalue weighted by molar-refractivity contribution is 7.89. The number of amides is 2. The Hall–Kier alpha value is -1.97. The van der Waals surface area contributed by atoms with Crippen LogP contribution in [0.2, 0.25) is 0 Å². The lowest BCUT2D eigenvalue weighted by Gasteiger charge is -2.22. The van der Waals surface area contributed by atoms with E-state index in [2.05, 4.69) is 10.6 Å². The summed E-state index contributed by atoms with van der Waals surface area (Å²) in [6.07, 6.45) is -0.838. The highest BCUT2D eigenvalue weighted by atomic mass is 32.2. The molecule has 1 atom stereocenters. The zero-order valence-electron chi connectivity index (χ0n) is 12.9. The van der Waals surface area contributed by atoms with E-state index in [1.807, 2.05) is 6.92 Å². The molecule has 1 fully saturated rings. The van der Waals surface area contributed by atoms with E-state index in [4.69, 9.17) is 4.74 Å². The minimum atomic E-state index is -3.72. The second-order valence-electron chi connectivity index (χ2n) is 5.04. The Bertz CT molecular complexity index is 687. The smallest absolute Gasteiger partial charge is 0.309 e. The van der Waals surface area contributed by atoms with Gasteiger partial charge in [0, 0.05) is 13.6 Å². The standard InChI is InChI=1S/C14H19N3O5S/c1-10-3-5-11(6-4-10)23(20,21)17-7-8-22-12(17)9-16-14(19)13(18)15-2/h3-6,12H,7-9H2,1-2H3,(H,15,18)(H,16,19)/t12-/m1/s1. The Morgan fingerprint density at radius 1 is 1.26 bits per heavy atom. The molecule has 9 heteroatoms. The first-order valence-corrected chi connectivity index (χ1v) is 8.50. The summed E-state index contributed by atoms with van der Waals surface area (Å²) >= 11 is 0. The molecule has 1 saturated heterocycles. The molecule has 8 nitrogen and oxygen atoms in total. The second kappa shape index (κ2) is 7.07. The van der Waals surface area contributed by atoms with E-state index in [1.165, 1.54) is 23.5 Å². The van der Waals surface area contributed by atoms with Crippen molar-refractivity contribution in [2.24, 2.45) is 0 Å². The average molecular weight is 341 g/mol. The fraction of sp³-hybridized carbons (Fsp3) is 0.429. The molecule has 126 valence electrons. The lowest BCUT2D eigenvalue weighted by molar-refractivity contribution is -0.139. The summed E-state index contributed by atoms with van der Waals surface area (Å²) in [6, 6.07) is 6.49. The van der Waals surface area contributed by atoms with E-state index in [0.717, 1.165) is 5.56 Å². The molecule has 0 spiro atoms. The molecule has 0 bridgehead atoms. The first kappa shape index (κ1) is 17.4. The van der Waals surface area contributed by atoms with Crippen LogP contribution in [0.3, 0.4) is 0 Å². The van der Waals surface area contributed by atoms with Gasteiger partial charge in [-0.1, -0.05) is 17.7 Å². The summed E-state index contributed by atoms with van der Waals surface area (Å²) in [6.45, 7) is 2.19.